The zero-order valence-corrected chi connectivity index (χ0v) is 10.7. The number of pyridine rings is 1. The minimum atomic E-state index is -0.429. The summed E-state index contributed by atoms with van der Waals surface area (Å²) in [4.78, 5) is 15.6. The first kappa shape index (κ1) is 11.8. The molecular weight excluding hydrogens is 286 g/mol. The lowest BCUT2D eigenvalue weighted by molar-refractivity contribution is 0.0518. The molecule has 6 heteroatoms. The predicted molar refractivity (Wildman–Crippen MR) is 65.5 cm³/mol. The minimum absolute atomic E-state index is 0.311. The maximum absolute atomic E-state index is 11.6. The summed E-state index contributed by atoms with van der Waals surface area (Å²) in [5.41, 5.74) is 1.78. The second-order valence-corrected chi connectivity index (χ2v) is 4.02. The van der Waals surface area contributed by atoms with Gasteiger partial charge in [0.05, 0.1) is 11.1 Å². The Hall–Kier alpha value is -1.69. The summed E-state index contributed by atoms with van der Waals surface area (Å²) in [5.74, 6) is -0.429. The molecule has 2 aromatic heterocycles. The van der Waals surface area contributed by atoms with Crippen molar-refractivity contribution in [1.82, 2.24) is 15.2 Å². The smallest absolute Gasteiger partial charge is 0.357 e. The number of aromatic amines is 1. The van der Waals surface area contributed by atoms with E-state index < -0.39 is 5.97 Å². The Kier molecular flexibility index (Phi) is 3.53. The van der Waals surface area contributed by atoms with Crippen LogP contribution < -0.4 is 0 Å². The SMILES string of the molecule is CCOC(=O)c1[nH]nc(-c2cccnc2)c1Br. The molecule has 0 spiro atoms. The van der Waals surface area contributed by atoms with Crippen LogP contribution >= 0.6 is 15.9 Å². The van der Waals surface area contributed by atoms with Crippen LogP contribution in [0.2, 0.25) is 0 Å². The van der Waals surface area contributed by atoms with Crippen molar-refractivity contribution in [3.05, 3.63) is 34.7 Å². The zero-order valence-electron chi connectivity index (χ0n) is 9.11. The van der Waals surface area contributed by atoms with Crippen molar-refractivity contribution in [2.75, 3.05) is 6.61 Å². The average molecular weight is 296 g/mol. The first-order valence-corrected chi connectivity index (χ1v) is 5.84. The van der Waals surface area contributed by atoms with E-state index in [4.69, 9.17) is 4.74 Å². The van der Waals surface area contributed by atoms with Gasteiger partial charge in [-0.15, -0.1) is 0 Å². The number of hydrogen-bond donors (Lipinski definition) is 1. The van der Waals surface area contributed by atoms with Gasteiger partial charge in [-0.05, 0) is 35.0 Å². The second kappa shape index (κ2) is 5.09. The fourth-order valence-electron chi connectivity index (χ4n) is 1.36. The van der Waals surface area contributed by atoms with E-state index in [0.29, 0.717) is 22.5 Å². The van der Waals surface area contributed by atoms with Crippen LogP contribution in [0.25, 0.3) is 11.3 Å². The van der Waals surface area contributed by atoms with Gasteiger partial charge in [0.25, 0.3) is 0 Å². The molecule has 0 aliphatic heterocycles. The Morgan fingerprint density at radius 1 is 1.59 bits per heavy atom. The van der Waals surface area contributed by atoms with Crippen molar-refractivity contribution >= 4 is 21.9 Å². The van der Waals surface area contributed by atoms with Crippen LogP contribution in [-0.2, 0) is 4.74 Å². The summed E-state index contributed by atoms with van der Waals surface area (Å²) in [7, 11) is 0. The fraction of sp³-hybridized carbons (Fsp3) is 0.182. The highest BCUT2D eigenvalue weighted by atomic mass is 79.9. The molecule has 0 atom stereocenters. The topological polar surface area (TPSA) is 67.9 Å². The van der Waals surface area contributed by atoms with Crippen molar-refractivity contribution in [1.29, 1.82) is 0 Å². The van der Waals surface area contributed by atoms with E-state index in [1.165, 1.54) is 0 Å². The molecule has 0 unspecified atom stereocenters. The molecule has 0 saturated heterocycles. The van der Waals surface area contributed by atoms with Crippen molar-refractivity contribution < 1.29 is 9.53 Å². The molecule has 2 rings (SSSR count). The van der Waals surface area contributed by atoms with Crippen LogP contribution in [0.5, 0.6) is 0 Å². The largest absolute Gasteiger partial charge is 0.461 e. The van der Waals surface area contributed by atoms with Gasteiger partial charge in [0, 0.05) is 18.0 Å². The Morgan fingerprint density at radius 3 is 3.06 bits per heavy atom. The minimum Gasteiger partial charge on any atom is -0.461 e. The number of hydrogen-bond acceptors (Lipinski definition) is 4. The third-order valence-electron chi connectivity index (χ3n) is 2.12. The van der Waals surface area contributed by atoms with Gasteiger partial charge in [0.1, 0.15) is 5.69 Å². The lowest BCUT2D eigenvalue weighted by atomic mass is 10.2. The van der Waals surface area contributed by atoms with Gasteiger partial charge in [-0.2, -0.15) is 5.10 Å². The van der Waals surface area contributed by atoms with Gasteiger partial charge >= 0.3 is 5.97 Å². The van der Waals surface area contributed by atoms with E-state index in [1.807, 2.05) is 6.07 Å². The first-order valence-electron chi connectivity index (χ1n) is 5.05. The third kappa shape index (κ3) is 2.36. The Labute approximate surface area is 106 Å². The molecule has 0 aromatic carbocycles. The van der Waals surface area contributed by atoms with Crippen LogP contribution in [0.1, 0.15) is 17.4 Å². The van der Waals surface area contributed by atoms with Crippen molar-refractivity contribution in [3.63, 3.8) is 0 Å². The maximum Gasteiger partial charge on any atom is 0.357 e. The monoisotopic (exact) mass is 295 g/mol. The van der Waals surface area contributed by atoms with Gasteiger partial charge in [-0.1, -0.05) is 0 Å². The number of nitrogens with one attached hydrogen (secondary N) is 1. The van der Waals surface area contributed by atoms with Crippen molar-refractivity contribution in [3.8, 4) is 11.3 Å². The number of halogens is 1. The Bertz CT molecular complexity index is 525. The molecular formula is C11H10BrN3O2. The predicted octanol–water partition coefficient (Wildman–Crippen LogP) is 2.41. The number of ether oxygens (including phenoxy) is 1. The first-order chi connectivity index (χ1) is 8.24. The summed E-state index contributed by atoms with van der Waals surface area (Å²) >= 11 is 3.34. The standard InChI is InChI=1S/C11H10BrN3O2/c1-2-17-11(16)10-8(12)9(14-15-10)7-4-3-5-13-6-7/h3-6H,2H2,1H3,(H,14,15). The molecule has 0 bridgehead atoms. The van der Waals surface area contributed by atoms with E-state index in [2.05, 4.69) is 31.1 Å². The Morgan fingerprint density at radius 2 is 2.41 bits per heavy atom. The summed E-state index contributed by atoms with van der Waals surface area (Å²) in [6.07, 6.45) is 3.35. The van der Waals surface area contributed by atoms with Gasteiger partial charge in [-0.3, -0.25) is 10.1 Å². The summed E-state index contributed by atoms with van der Waals surface area (Å²) in [5, 5.41) is 6.73. The van der Waals surface area contributed by atoms with E-state index in [9.17, 15) is 4.79 Å². The van der Waals surface area contributed by atoms with Crippen LogP contribution in [0.3, 0.4) is 0 Å². The van der Waals surface area contributed by atoms with Gasteiger partial charge in [0.2, 0.25) is 0 Å². The normalized spacial score (nSPS) is 10.2. The van der Waals surface area contributed by atoms with E-state index in [-0.39, 0.29) is 0 Å². The fourth-order valence-corrected chi connectivity index (χ4v) is 1.93. The molecule has 0 amide bonds. The van der Waals surface area contributed by atoms with Crippen molar-refractivity contribution in [2.45, 2.75) is 6.92 Å². The van der Waals surface area contributed by atoms with Crippen LogP contribution in [0.4, 0.5) is 0 Å². The zero-order chi connectivity index (χ0) is 12.3. The number of carbonyl (C=O) groups excluding carboxylic acids is 1. The summed E-state index contributed by atoms with van der Waals surface area (Å²) in [6, 6.07) is 3.67. The number of H-pyrrole nitrogens is 1. The quantitative estimate of drug-likeness (QED) is 0.883. The molecule has 0 saturated carbocycles. The van der Waals surface area contributed by atoms with Crippen LogP contribution in [-0.4, -0.2) is 27.8 Å². The molecule has 0 aliphatic rings. The lowest BCUT2D eigenvalue weighted by Crippen LogP contribution is -2.05. The average Bonchev–Trinajstić information content (AvgIpc) is 2.72. The lowest BCUT2D eigenvalue weighted by Gasteiger charge is -1.99. The summed E-state index contributed by atoms with van der Waals surface area (Å²) in [6.45, 7) is 2.08. The Balaban J connectivity index is 2.37. The molecule has 2 heterocycles. The third-order valence-corrected chi connectivity index (χ3v) is 2.89. The molecule has 0 fully saturated rings. The van der Waals surface area contributed by atoms with Crippen LogP contribution in [0.15, 0.2) is 29.0 Å². The number of aromatic nitrogens is 3. The van der Waals surface area contributed by atoms with Crippen molar-refractivity contribution in [2.24, 2.45) is 0 Å². The number of carbonyl (C=O) groups is 1. The molecule has 17 heavy (non-hydrogen) atoms. The second-order valence-electron chi connectivity index (χ2n) is 3.22. The highest BCUT2D eigenvalue weighted by molar-refractivity contribution is 9.10. The molecule has 88 valence electrons. The number of rotatable bonds is 3. The van der Waals surface area contributed by atoms with Gasteiger partial charge < -0.3 is 4.74 Å². The van der Waals surface area contributed by atoms with E-state index in [1.54, 1.807) is 25.4 Å². The number of nitrogens with zero attached hydrogens (tertiary/aromatic N) is 2. The highest BCUT2D eigenvalue weighted by Crippen LogP contribution is 2.28. The van der Waals surface area contributed by atoms with Crippen LogP contribution in [0, 0.1) is 0 Å². The maximum atomic E-state index is 11.6. The number of esters is 1. The highest BCUT2D eigenvalue weighted by Gasteiger charge is 2.19. The van der Waals surface area contributed by atoms with E-state index >= 15 is 0 Å². The molecule has 5 nitrogen and oxygen atoms in total. The van der Waals surface area contributed by atoms with E-state index in [0.717, 1.165) is 5.56 Å². The summed E-state index contributed by atoms with van der Waals surface area (Å²) < 4.78 is 5.49. The molecule has 0 radical (unpaired) electrons. The van der Waals surface area contributed by atoms with Gasteiger partial charge in [0.15, 0.2) is 5.69 Å². The molecule has 2 aromatic rings. The van der Waals surface area contributed by atoms with Gasteiger partial charge in [-0.25, -0.2) is 4.79 Å². The molecule has 1 N–H and O–H groups in total. The molecule has 0 aliphatic carbocycles.